The molecule has 0 atom stereocenters. The first-order valence-corrected chi connectivity index (χ1v) is 5.47. The van der Waals surface area contributed by atoms with E-state index in [4.69, 9.17) is 6.42 Å². The van der Waals surface area contributed by atoms with Gasteiger partial charge in [-0.3, -0.25) is 4.79 Å². The lowest BCUT2D eigenvalue weighted by Crippen LogP contribution is -2.02. The Morgan fingerprint density at radius 1 is 1.44 bits per heavy atom. The molecule has 0 fully saturated rings. The van der Waals surface area contributed by atoms with Crippen molar-refractivity contribution in [1.82, 2.24) is 0 Å². The van der Waals surface area contributed by atoms with E-state index in [1.54, 1.807) is 0 Å². The number of carbonyl (C=O) groups is 1. The fraction of sp³-hybridized carbons (Fsp3) is 0.250. The molecule has 0 amide bonds. The van der Waals surface area contributed by atoms with Gasteiger partial charge in [0.15, 0.2) is 17.4 Å². The standard InChI is InChI=1S/C12H9BrF2O/c1-2-3-4-5-10(16)8-6-7-9(14)12(15)11(8)13/h1,6-7H,3-5H2. The third-order valence-corrected chi connectivity index (χ3v) is 2.84. The maximum atomic E-state index is 13.1. The third kappa shape index (κ3) is 2.89. The van der Waals surface area contributed by atoms with Gasteiger partial charge < -0.3 is 0 Å². The lowest BCUT2D eigenvalue weighted by atomic mass is 10.1. The van der Waals surface area contributed by atoms with Crippen molar-refractivity contribution in [2.75, 3.05) is 0 Å². The van der Waals surface area contributed by atoms with E-state index in [9.17, 15) is 13.6 Å². The minimum atomic E-state index is -1.04. The van der Waals surface area contributed by atoms with E-state index in [2.05, 4.69) is 21.9 Å². The summed E-state index contributed by atoms with van der Waals surface area (Å²) in [5.41, 5.74) is 0.149. The molecule has 4 heteroatoms. The molecule has 0 aliphatic carbocycles. The summed E-state index contributed by atoms with van der Waals surface area (Å²) in [6.45, 7) is 0. The van der Waals surface area contributed by atoms with Gasteiger partial charge in [-0.25, -0.2) is 8.78 Å². The zero-order valence-corrected chi connectivity index (χ0v) is 9.98. The molecule has 1 nitrogen and oxygen atoms in total. The van der Waals surface area contributed by atoms with E-state index in [-0.39, 0.29) is 22.2 Å². The molecule has 0 spiro atoms. The second-order valence-corrected chi connectivity index (χ2v) is 4.00. The van der Waals surface area contributed by atoms with Gasteiger partial charge in [0.25, 0.3) is 0 Å². The van der Waals surface area contributed by atoms with E-state index < -0.39 is 11.6 Å². The molecule has 0 saturated carbocycles. The molecule has 1 aromatic rings. The minimum absolute atomic E-state index is 0.127. The van der Waals surface area contributed by atoms with Crippen molar-refractivity contribution >= 4 is 21.7 Å². The fourth-order valence-electron chi connectivity index (χ4n) is 1.23. The number of halogens is 3. The van der Waals surface area contributed by atoms with Gasteiger partial charge >= 0.3 is 0 Å². The number of hydrogen-bond acceptors (Lipinski definition) is 1. The molecule has 0 saturated heterocycles. The highest BCUT2D eigenvalue weighted by Crippen LogP contribution is 2.24. The molecule has 0 aromatic heterocycles. The number of unbranched alkanes of at least 4 members (excludes halogenated alkanes) is 1. The monoisotopic (exact) mass is 286 g/mol. The predicted molar refractivity (Wildman–Crippen MR) is 61.1 cm³/mol. The van der Waals surface area contributed by atoms with Gasteiger partial charge in [0.1, 0.15) is 0 Å². The van der Waals surface area contributed by atoms with Crippen LogP contribution in [0.25, 0.3) is 0 Å². The van der Waals surface area contributed by atoms with Crippen LogP contribution in [0, 0.1) is 24.0 Å². The smallest absolute Gasteiger partial charge is 0.173 e. The van der Waals surface area contributed by atoms with Crippen molar-refractivity contribution in [2.24, 2.45) is 0 Å². The van der Waals surface area contributed by atoms with Gasteiger partial charge in [-0.2, -0.15) is 0 Å². The largest absolute Gasteiger partial charge is 0.294 e. The summed E-state index contributed by atoms with van der Waals surface area (Å²) in [6.07, 6.45) is 6.31. The van der Waals surface area contributed by atoms with Crippen LogP contribution < -0.4 is 0 Å². The van der Waals surface area contributed by atoms with Crippen LogP contribution in [0.15, 0.2) is 16.6 Å². The maximum Gasteiger partial charge on any atom is 0.173 e. The minimum Gasteiger partial charge on any atom is -0.294 e. The molecule has 0 aliphatic heterocycles. The van der Waals surface area contributed by atoms with E-state index in [1.807, 2.05) is 0 Å². The summed E-state index contributed by atoms with van der Waals surface area (Å²) in [4.78, 5) is 11.6. The average Bonchev–Trinajstić information content (AvgIpc) is 2.26. The highest BCUT2D eigenvalue weighted by atomic mass is 79.9. The number of carbonyl (C=O) groups excluding carboxylic acids is 1. The second-order valence-electron chi connectivity index (χ2n) is 3.20. The van der Waals surface area contributed by atoms with E-state index in [1.165, 1.54) is 6.07 Å². The van der Waals surface area contributed by atoms with Crippen molar-refractivity contribution < 1.29 is 13.6 Å². The first kappa shape index (κ1) is 12.9. The molecule has 0 radical (unpaired) electrons. The molecule has 1 aromatic carbocycles. The summed E-state index contributed by atoms with van der Waals surface area (Å²) < 4.78 is 25.8. The SMILES string of the molecule is C#CCCCC(=O)c1ccc(F)c(F)c1Br. The maximum absolute atomic E-state index is 13.1. The van der Waals surface area contributed by atoms with Crippen LogP contribution in [0.4, 0.5) is 8.78 Å². The van der Waals surface area contributed by atoms with E-state index in [0.29, 0.717) is 12.8 Å². The summed E-state index contributed by atoms with van der Waals surface area (Å²) in [5.74, 6) is 0.144. The van der Waals surface area contributed by atoms with Crippen LogP contribution in [0.2, 0.25) is 0 Å². The van der Waals surface area contributed by atoms with Crippen molar-refractivity contribution in [3.63, 3.8) is 0 Å². The Morgan fingerprint density at radius 3 is 2.75 bits per heavy atom. The predicted octanol–water partition coefficient (Wildman–Crippen LogP) is 3.71. The first-order valence-electron chi connectivity index (χ1n) is 4.68. The molecule has 0 unspecified atom stereocenters. The number of ketones is 1. The van der Waals surface area contributed by atoms with Crippen LogP contribution in [0.3, 0.4) is 0 Å². The molecule has 1 rings (SSSR count). The molecule has 0 N–H and O–H groups in total. The highest BCUT2D eigenvalue weighted by Gasteiger charge is 2.15. The van der Waals surface area contributed by atoms with Crippen molar-refractivity contribution in [2.45, 2.75) is 19.3 Å². The zero-order chi connectivity index (χ0) is 12.1. The normalized spacial score (nSPS) is 9.88. The summed E-state index contributed by atoms with van der Waals surface area (Å²) >= 11 is 2.86. The number of rotatable bonds is 4. The Bertz CT molecular complexity index is 449. The van der Waals surface area contributed by atoms with Crippen molar-refractivity contribution in [1.29, 1.82) is 0 Å². The van der Waals surface area contributed by atoms with Crippen molar-refractivity contribution in [3.05, 3.63) is 33.8 Å². The second kappa shape index (κ2) is 5.76. The molecule has 0 aliphatic rings. The van der Waals surface area contributed by atoms with Gasteiger partial charge in [-0.15, -0.1) is 12.3 Å². The van der Waals surface area contributed by atoms with Crippen LogP contribution in [-0.2, 0) is 0 Å². The van der Waals surface area contributed by atoms with E-state index >= 15 is 0 Å². The third-order valence-electron chi connectivity index (χ3n) is 2.06. The topological polar surface area (TPSA) is 17.1 Å². The van der Waals surface area contributed by atoms with Crippen molar-refractivity contribution in [3.8, 4) is 12.3 Å². The Hall–Kier alpha value is -1.21. The lowest BCUT2D eigenvalue weighted by Gasteiger charge is -2.04. The molecular formula is C12H9BrF2O. The van der Waals surface area contributed by atoms with Gasteiger partial charge in [0.05, 0.1) is 4.47 Å². The van der Waals surface area contributed by atoms with E-state index in [0.717, 1.165) is 6.07 Å². The molecule has 84 valence electrons. The zero-order valence-electron chi connectivity index (χ0n) is 8.40. The average molecular weight is 287 g/mol. The quantitative estimate of drug-likeness (QED) is 0.357. The number of terminal acetylenes is 1. The number of hydrogen-bond donors (Lipinski definition) is 0. The highest BCUT2D eigenvalue weighted by molar-refractivity contribution is 9.10. The Labute approximate surface area is 101 Å². The first-order chi connectivity index (χ1) is 7.57. The molecule has 16 heavy (non-hydrogen) atoms. The van der Waals surface area contributed by atoms with Gasteiger partial charge in [-0.05, 0) is 34.5 Å². The van der Waals surface area contributed by atoms with Gasteiger partial charge in [-0.1, -0.05) is 0 Å². The Balaban J connectivity index is 2.85. The summed E-state index contributed by atoms with van der Waals surface area (Å²) in [7, 11) is 0. The van der Waals surface area contributed by atoms with Crippen LogP contribution in [-0.4, -0.2) is 5.78 Å². The van der Waals surface area contributed by atoms with Crippen LogP contribution >= 0.6 is 15.9 Å². The molecule has 0 bridgehead atoms. The number of benzene rings is 1. The Morgan fingerprint density at radius 2 is 2.12 bits per heavy atom. The Kier molecular flexibility index (Phi) is 4.63. The summed E-state index contributed by atoms with van der Waals surface area (Å²) in [6, 6.07) is 2.20. The van der Waals surface area contributed by atoms with Gasteiger partial charge in [0, 0.05) is 18.4 Å². The fourth-order valence-corrected chi connectivity index (χ4v) is 1.77. The number of Topliss-reactive ketones (excluding diaryl/α,β-unsaturated/α-hetero) is 1. The molecular weight excluding hydrogens is 278 g/mol. The summed E-state index contributed by atoms with van der Waals surface area (Å²) in [5, 5.41) is 0. The molecule has 0 heterocycles. The van der Waals surface area contributed by atoms with Gasteiger partial charge in [0.2, 0.25) is 0 Å². The van der Waals surface area contributed by atoms with Crippen LogP contribution in [0.5, 0.6) is 0 Å². The van der Waals surface area contributed by atoms with Crippen LogP contribution in [0.1, 0.15) is 29.6 Å². The lowest BCUT2D eigenvalue weighted by molar-refractivity contribution is 0.0979.